The second-order valence-corrected chi connectivity index (χ2v) is 3.86. The van der Waals surface area contributed by atoms with Crippen molar-refractivity contribution in [3.05, 3.63) is 59.2 Å². The molecule has 2 aromatic carbocycles. The van der Waals surface area contributed by atoms with Crippen molar-refractivity contribution >= 4 is 0 Å². The van der Waals surface area contributed by atoms with E-state index in [1.165, 1.54) is 12.1 Å². The third-order valence-corrected chi connectivity index (χ3v) is 2.78. The molecule has 0 saturated heterocycles. The van der Waals surface area contributed by atoms with E-state index in [9.17, 15) is 8.78 Å². The lowest BCUT2D eigenvalue weighted by molar-refractivity contribution is 0.269. The summed E-state index contributed by atoms with van der Waals surface area (Å²) < 4.78 is 27.2. The Kier molecular flexibility index (Phi) is 3.20. The average molecular weight is 234 g/mol. The van der Waals surface area contributed by atoms with Crippen LogP contribution in [0.15, 0.2) is 36.4 Å². The van der Waals surface area contributed by atoms with E-state index in [4.69, 9.17) is 5.11 Å². The molecule has 0 heterocycles. The summed E-state index contributed by atoms with van der Waals surface area (Å²) in [5.74, 6) is -1.41. The van der Waals surface area contributed by atoms with E-state index in [0.717, 1.165) is 5.56 Å². The van der Waals surface area contributed by atoms with E-state index in [1.807, 2.05) is 19.1 Å². The van der Waals surface area contributed by atoms with Gasteiger partial charge in [0.25, 0.3) is 0 Å². The molecule has 2 rings (SSSR count). The lowest BCUT2D eigenvalue weighted by atomic mass is 9.98. The predicted octanol–water partition coefficient (Wildman–Crippen LogP) is 3.43. The van der Waals surface area contributed by atoms with Crippen molar-refractivity contribution in [1.29, 1.82) is 0 Å². The van der Waals surface area contributed by atoms with Crippen LogP contribution in [-0.2, 0) is 6.61 Å². The molecule has 0 radical (unpaired) electrons. The molecule has 1 nitrogen and oxygen atoms in total. The molecule has 88 valence electrons. The molecule has 1 N–H and O–H groups in total. The van der Waals surface area contributed by atoms with Crippen LogP contribution in [0.2, 0.25) is 0 Å². The number of aryl methyl sites for hydroxylation is 1. The fraction of sp³-hybridized carbons (Fsp3) is 0.143. The van der Waals surface area contributed by atoms with Gasteiger partial charge in [0.15, 0.2) is 0 Å². The van der Waals surface area contributed by atoms with Gasteiger partial charge in [0.05, 0.1) is 6.61 Å². The molecule has 3 heteroatoms. The Morgan fingerprint density at radius 1 is 1.00 bits per heavy atom. The van der Waals surface area contributed by atoms with Gasteiger partial charge in [-0.2, -0.15) is 0 Å². The van der Waals surface area contributed by atoms with Crippen LogP contribution < -0.4 is 0 Å². The fourth-order valence-corrected chi connectivity index (χ4v) is 1.83. The van der Waals surface area contributed by atoms with Crippen LogP contribution in [0.25, 0.3) is 11.1 Å². The zero-order chi connectivity index (χ0) is 12.4. The van der Waals surface area contributed by atoms with E-state index < -0.39 is 18.2 Å². The Bertz CT molecular complexity index is 550. The highest BCUT2D eigenvalue weighted by Crippen LogP contribution is 2.28. The van der Waals surface area contributed by atoms with Gasteiger partial charge in [0.2, 0.25) is 0 Å². The van der Waals surface area contributed by atoms with Gasteiger partial charge in [-0.15, -0.1) is 0 Å². The number of hydrogen-bond acceptors (Lipinski definition) is 1. The third kappa shape index (κ3) is 2.06. The Morgan fingerprint density at radius 2 is 1.71 bits per heavy atom. The molecule has 0 aliphatic heterocycles. The van der Waals surface area contributed by atoms with Gasteiger partial charge in [-0.05, 0) is 30.2 Å². The number of halogens is 2. The highest BCUT2D eigenvalue weighted by atomic mass is 19.1. The molecule has 0 aliphatic rings. The SMILES string of the molecule is Cc1ccccc1-c1ccc(F)c(CO)c1F. The van der Waals surface area contributed by atoms with Crippen molar-refractivity contribution in [3.8, 4) is 11.1 Å². The van der Waals surface area contributed by atoms with Gasteiger partial charge in [0.1, 0.15) is 11.6 Å². The van der Waals surface area contributed by atoms with Gasteiger partial charge in [-0.1, -0.05) is 24.3 Å². The maximum absolute atomic E-state index is 14.0. The van der Waals surface area contributed by atoms with Crippen molar-refractivity contribution in [3.63, 3.8) is 0 Å². The van der Waals surface area contributed by atoms with Crippen molar-refractivity contribution in [2.75, 3.05) is 0 Å². The van der Waals surface area contributed by atoms with Crippen LogP contribution >= 0.6 is 0 Å². The predicted molar refractivity (Wildman–Crippen MR) is 62.5 cm³/mol. The molecule has 0 atom stereocenters. The van der Waals surface area contributed by atoms with Gasteiger partial charge >= 0.3 is 0 Å². The van der Waals surface area contributed by atoms with Gasteiger partial charge in [0, 0.05) is 11.1 Å². The third-order valence-electron chi connectivity index (χ3n) is 2.78. The monoisotopic (exact) mass is 234 g/mol. The molecule has 0 aliphatic carbocycles. The van der Waals surface area contributed by atoms with Crippen molar-refractivity contribution in [2.45, 2.75) is 13.5 Å². The zero-order valence-corrected chi connectivity index (χ0v) is 9.37. The van der Waals surface area contributed by atoms with Gasteiger partial charge in [-0.25, -0.2) is 8.78 Å². The van der Waals surface area contributed by atoms with E-state index in [-0.39, 0.29) is 5.56 Å². The first-order valence-corrected chi connectivity index (χ1v) is 5.29. The molecular weight excluding hydrogens is 222 g/mol. The maximum Gasteiger partial charge on any atom is 0.139 e. The summed E-state index contributed by atoms with van der Waals surface area (Å²) in [4.78, 5) is 0. The van der Waals surface area contributed by atoms with E-state index in [2.05, 4.69) is 0 Å². The van der Waals surface area contributed by atoms with Crippen molar-refractivity contribution in [1.82, 2.24) is 0 Å². The summed E-state index contributed by atoms with van der Waals surface area (Å²) in [7, 11) is 0. The molecule has 0 bridgehead atoms. The second kappa shape index (κ2) is 4.63. The molecule has 0 fully saturated rings. The largest absolute Gasteiger partial charge is 0.391 e. The number of hydrogen-bond donors (Lipinski definition) is 1. The van der Waals surface area contributed by atoms with E-state index >= 15 is 0 Å². The Hall–Kier alpha value is -1.74. The summed E-state index contributed by atoms with van der Waals surface area (Å²) in [5, 5.41) is 8.96. The minimum atomic E-state index is -0.720. The normalized spacial score (nSPS) is 10.6. The molecule has 17 heavy (non-hydrogen) atoms. The highest BCUT2D eigenvalue weighted by molar-refractivity contribution is 5.68. The van der Waals surface area contributed by atoms with Gasteiger partial charge in [-0.3, -0.25) is 0 Å². The molecule has 0 amide bonds. The van der Waals surface area contributed by atoms with Crippen LogP contribution in [-0.4, -0.2) is 5.11 Å². The maximum atomic E-state index is 14.0. The Morgan fingerprint density at radius 3 is 2.35 bits per heavy atom. The van der Waals surface area contributed by atoms with Crippen LogP contribution in [0.1, 0.15) is 11.1 Å². The Balaban J connectivity index is 2.65. The van der Waals surface area contributed by atoms with E-state index in [1.54, 1.807) is 12.1 Å². The summed E-state index contributed by atoms with van der Waals surface area (Å²) in [6, 6.07) is 9.85. The molecular formula is C14H12F2O. The first-order valence-electron chi connectivity index (χ1n) is 5.29. The minimum Gasteiger partial charge on any atom is -0.391 e. The average Bonchev–Trinajstić information content (AvgIpc) is 2.31. The van der Waals surface area contributed by atoms with Crippen LogP contribution in [0.4, 0.5) is 8.78 Å². The number of aliphatic hydroxyl groups excluding tert-OH is 1. The minimum absolute atomic E-state index is 0.286. The number of rotatable bonds is 2. The van der Waals surface area contributed by atoms with Crippen LogP contribution in [0.3, 0.4) is 0 Å². The lowest BCUT2D eigenvalue weighted by Crippen LogP contribution is -1.98. The number of benzene rings is 2. The summed E-state index contributed by atoms with van der Waals surface area (Å²) in [5.41, 5.74) is 1.64. The van der Waals surface area contributed by atoms with Crippen molar-refractivity contribution in [2.24, 2.45) is 0 Å². The Labute approximate surface area is 98.3 Å². The fourth-order valence-electron chi connectivity index (χ4n) is 1.83. The van der Waals surface area contributed by atoms with E-state index in [0.29, 0.717) is 11.1 Å². The standard InChI is InChI=1S/C14H12F2O/c1-9-4-2-3-5-10(9)11-6-7-13(15)12(8-17)14(11)16/h2-7,17H,8H2,1H3. The molecule has 0 aromatic heterocycles. The highest BCUT2D eigenvalue weighted by Gasteiger charge is 2.14. The van der Waals surface area contributed by atoms with Crippen LogP contribution in [0.5, 0.6) is 0 Å². The molecule has 2 aromatic rings. The van der Waals surface area contributed by atoms with Gasteiger partial charge < -0.3 is 5.11 Å². The quantitative estimate of drug-likeness (QED) is 0.844. The zero-order valence-electron chi connectivity index (χ0n) is 9.37. The summed E-state index contributed by atoms with van der Waals surface area (Å²) in [6.45, 7) is 1.22. The number of aliphatic hydroxyl groups is 1. The topological polar surface area (TPSA) is 20.2 Å². The van der Waals surface area contributed by atoms with Crippen molar-refractivity contribution < 1.29 is 13.9 Å². The molecule has 0 unspecified atom stereocenters. The summed E-state index contributed by atoms with van der Waals surface area (Å²) >= 11 is 0. The smallest absolute Gasteiger partial charge is 0.139 e. The first-order chi connectivity index (χ1) is 8.15. The summed E-state index contributed by atoms with van der Waals surface area (Å²) in [6.07, 6.45) is 0. The second-order valence-electron chi connectivity index (χ2n) is 3.86. The molecule has 0 saturated carbocycles. The van der Waals surface area contributed by atoms with Crippen LogP contribution in [0, 0.1) is 18.6 Å². The first kappa shape index (κ1) is 11.7. The molecule has 0 spiro atoms. The lowest BCUT2D eigenvalue weighted by Gasteiger charge is -2.10.